The fourth-order valence-corrected chi connectivity index (χ4v) is 0.983. The lowest BCUT2D eigenvalue weighted by atomic mass is 10.2. The van der Waals surface area contributed by atoms with E-state index in [1.165, 1.54) is 24.3 Å². The van der Waals surface area contributed by atoms with Crippen molar-refractivity contribution >= 4 is 23.2 Å². The Balaban J connectivity index is 2.93. The molecule has 0 aromatic heterocycles. The highest BCUT2D eigenvalue weighted by Crippen LogP contribution is 2.22. The average Bonchev–Trinajstić information content (AvgIpc) is 2.28. The molecule has 0 spiro atoms. The van der Waals surface area contributed by atoms with Gasteiger partial charge >= 0.3 is 11.8 Å². The predicted molar refractivity (Wildman–Crippen MR) is 54.1 cm³/mol. The molecule has 1 aromatic carbocycles. The smallest absolute Gasteiger partial charge is 0.312 e. The van der Waals surface area contributed by atoms with Crippen molar-refractivity contribution in [3.8, 4) is 0 Å². The largest absolute Gasteiger partial charge is 0.323 e. The van der Waals surface area contributed by atoms with Crippen LogP contribution in [0.15, 0.2) is 24.3 Å². The molecule has 0 bridgehead atoms. The standard InChI is InChI=1S/C8H8N4O4/c9-11-8(14)7(13)10-5-3-1-2-4-6(5)12(15)16/h1-4H,9H2,(H,10,13)(H,11,14). The number of hydrazine groups is 1. The van der Waals surface area contributed by atoms with Crippen LogP contribution in [-0.2, 0) is 9.59 Å². The molecule has 1 rings (SSSR count). The van der Waals surface area contributed by atoms with Crippen LogP contribution in [0.2, 0.25) is 0 Å². The molecule has 0 atom stereocenters. The van der Waals surface area contributed by atoms with Crippen LogP contribution in [0.3, 0.4) is 0 Å². The molecule has 0 fully saturated rings. The van der Waals surface area contributed by atoms with Crippen molar-refractivity contribution in [3.63, 3.8) is 0 Å². The Hall–Kier alpha value is -2.48. The molecule has 1 aromatic rings. The monoisotopic (exact) mass is 224 g/mol. The summed E-state index contributed by atoms with van der Waals surface area (Å²) in [5, 5.41) is 12.6. The van der Waals surface area contributed by atoms with E-state index in [-0.39, 0.29) is 11.4 Å². The maximum Gasteiger partial charge on any atom is 0.323 e. The molecule has 84 valence electrons. The van der Waals surface area contributed by atoms with Crippen LogP contribution < -0.4 is 16.6 Å². The lowest BCUT2D eigenvalue weighted by molar-refractivity contribution is -0.383. The highest BCUT2D eigenvalue weighted by Gasteiger charge is 2.18. The van der Waals surface area contributed by atoms with E-state index in [9.17, 15) is 19.7 Å². The third-order valence-corrected chi connectivity index (χ3v) is 1.69. The summed E-state index contributed by atoms with van der Waals surface area (Å²) in [5.74, 6) is 2.57. The lowest BCUT2D eigenvalue weighted by Crippen LogP contribution is -2.39. The predicted octanol–water partition coefficient (Wildman–Crippen LogP) is -0.477. The zero-order valence-electron chi connectivity index (χ0n) is 7.97. The second-order valence-corrected chi connectivity index (χ2v) is 2.70. The number of nitrogens with two attached hydrogens (primary N) is 1. The first-order chi connectivity index (χ1) is 7.56. The topological polar surface area (TPSA) is 127 Å². The molecular formula is C8H8N4O4. The number of carbonyl (C=O) groups is 2. The van der Waals surface area contributed by atoms with E-state index >= 15 is 0 Å². The minimum absolute atomic E-state index is 0.0684. The van der Waals surface area contributed by atoms with E-state index in [0.717, 1.165) is 0 Å². The number of anilines is 1. The van der Waals surface area contributed by atoms with Crippen LogP contribution in [0.4, 0.5) is 11.4 Å². The second-order valence-electron chi connectivity index (χ2n) is 2.70. The van der Waals surface area contributed by atoms with Crippen LogP contribution in [-0.4, -0.2) is 16.7 Å². The molecule has 0 saturated carbocycles. The third kappa shape index (κ3) is 2.51. The summed E-state index contributed by atoms with van der Waals surface area (Å²) >= 11 is 0. The van der Waals surface area contributed by atoms with E-state index in [0.29, 0.717) is 0 Å². The Kier molecular flexibility index (Phi) is 3.51. The summed E-state index contributed by atoms with van der Waals surface area (Å²) in [6.07, 6.45) is 0. The van der Waals surface area contributed by atoms with E-state index in [4.69, 9.17) is 5.84 Å². The van der Waals surface area contributed by atoms with Gasteiger partial charge in [0.25, 0.3) is 5.69 Å². The average molecular weight is 224 g/mol. The number of hydrogen-bond acceptors (Lipinski definition) is 5. The molecule has 0 radical (unpaired) electrons. The fraction of sp³-hybridized carbons (Fsp3) is 0. The summed E-state index contributed by atoms with van der Waals surface area (Å²) in [5.41, 5.74) is 1.24. The number of rotatable bonds is 2. The Morgan fingerprint density at radius 3 is 2.44 bits per heavy atom. The maximum atomic E-state index is 11.1. The van der Waals surface area contributed by atoms with Crippen molar-refractivity contribution < 1.29 is 14.5 Å². The Bertz CT molecular complexity index is 445. The molecule has 0 saturated heterocycles. The quantitative estimate of drug-likeness (QED) is 0.205. The maximum absolute atomic E-state index is 11.1. The van der Waals surface area contributed by atoms with Gasteiger partial charge in [-0.2, -0.15) is 0 Å². The molecule has 2 amide bonds. The number of benzene rings is 1. The SMILES string of the molecule is NNC(=O)C(=O)Nc1ccccc1[N+](=O)[O-]. The zero-order valence-corrected chi connectivity index (χ0v) is 7.97. The van der Waals surface area contributed by atoms with Crippen LogP contribution in [0.25, 0.3) is 0 Å². The third-order valence-electron chi connectivity index (χ3n) is 1.69. The summed E-state index contributed by atoms with van der Waals surface area (Å²) in [4.78, 5) is 31.8. The number of hydrogen-bond donors (Lipinski definition) is 3. The second kappa shape index (κ2) is 4.84. The molecule has 0 aliphatic heterocycles. The van der Waals surface area contributed by atoms with Crippen LogP contribution in [0, 0.1) is 10.1 Å². The molecular weight excluding hydrogens is 216 g/mol. The van der Waals surface area contributed by atoms with E-state index in [2.05, 4.69) is 5.32 Å². The minimum atomic E-state index is -1.09. The molecule has 8 nitrogen and oxygen atoms in total. The number of nitro groups is 1. The van der Waals surface area contributed by atoms with Gasteiger partial charge in [-0.3, -0.25) is 25.1 Å². The van der Waals surface area contributed by atoms with Gasteiger partial charge in [0.15, 0.2) is 0 Å². The number of nitro benzene ring substituents is 1. The van der Waals surface area contributed by atoms with Crippen molar-refractivity contribution in [2.24, 2.45) is 5.84 Å². The number of para-hydroxylation sites is 2. The number of nitrogens with zero attached hydrogens (tertiary/aromatic N) is 1. The van der Waals surface area contributed by atoms with Gasteiger partial charge in [0.05, 0.1) is 4.92 Å². The Morgan fingerprint density at radius 1 is 1.25 bits per heavy atom. The van der Waals surface area contributed by atoms with Crippen LogP contribution in [0.1, 0.15) is 0 Å². The first kappa shape index (κ1) is 11.6. The van der Waals surface area contributed by atoms with Gasteiger partial charge < -0.3 is 5.32 Å². The molecule has 16 heavy (non-hydrogen) atoms. The van der Waals surface area contributed by atoms with Gasteiger partial charge in [-0.1, -0.05) is 12.1 Å². The zero-order chi connectivity index (χ0) is 12.1. The van der Waals surface area contributed by atoms with Gasteiger partial charge in [0, 0.05) is 6.07 Å². The van der Waals surface area contributed by atoms with Gasteiger partial charge in [-0.15, -0.1) is 0 Å². The van der Waals surface area contributed by atoms with Crippen LogP contribution >= 0.6 is 0 Å². The molecule has 8 heteroatoms. The highest BCUT2D eigenvalue weighted by molar-refractivity contribution is 6.39. The Morgan fingerprint density at radius 2 is 1.88 bits per heavy atom. The molecule has 0 unspecified atom stereocenters. The van der Waals surface area contributed by atoms with E-state index in [1.54, 1.807) is 5.43 Å². The van der Waals surface area contributed by atoms with Crippen molar-refractivity contribution in [2.75, 3.05) is 5.32 Å². The van der Waals surface area contributed by atoms with Gasteiger partial charge in [0.1, 0.15) is 5.69 Å². The van der Waals surface area contributed by atoms with E-state index in [1.807, 2.05) is 0 Å². The summed E-state index contributed by atoms with van der Waals surface area (Å²) in [7, 11) is 0. The van der Waals surface area contributed by atoms with Crippen molar-refractivity contribution in [1.82, 2.24) is 5.43 Å². The van der Waals surface area contributed by atoms with Gasteiger partial charge in [-0.25, -0.2) is 5.84 Å². The normalized spacial score (nSPS) is 9.31. The molecule has 0 aliphatic rings. The number of carbonyl (C=O) groups excluding carboxylic acids is 2. The van der Waals surface area contributed by atoms with Gasteiger partial charge in [-0.05, 0) is 6.07 Å². The summed E-state index contributed by atoms with van der Waals surface area (Å²) in [6, 6.07) is 5.44. The molecule has 4 N–H and O–H groups in total. The Labute approximate surface area is 89.5 Å². The van der Waals surface area contributed by atoms with Crippen LogP contribution in [0.5, 0.6) is 0 Å². The number of amides is 2. The highest BCUT2D eigenvalue weighted by atomic mass is 16.6. The number of nitrogens with one attached hydrogen (secondary N) is 2. The first-order valence-corrected chi connectivity index (χ1v) is 4.11. The summed E-state index contributed by atoms with van der Waals surface area (Å²) in [6.45, 7) is 0. The minimum Gasteiger partial charge on any atom is -0.312 e. The fourth-order valence-electron chi connectivity index (χ4n) is 0.983. The van der Waals surface area contributed by atoms with E-state index < -0.39 is 16.7 Å². The van der Waals surface area contributed by atoms with Crippen molar-refractivity contribution in [1.29, 1.82) is 0 Å². The molecule has 0 aliphatic carbocycles. The van der Waals surface area contributed by atoms with Crippen molar-refractivity contribution in [3.05, 3.63) is 34.4 Å². The first-order valence-electron chi connectivity index (χ1n) is 4.11. The van der Waals surface area contributed by atoms with Crippen molar-refractivity contribution in [2.45, 2.75) is 0 Å². The summed E-state index contributed by atoms with van der Waals surface area (Å²) < 4.78 is 0. The van der Waals surface area contributed by atoms with Gasteiger partial charge in [0.2, 0.25) is 0 Å². The molecule has 0 heterocycles. The lowest BCUT2D eigenvalue weighted by Gasteiger charge is -2.03.